The van der Waals surface area contributed by atoms with Gasteiger partial charge < -0.3 is 20.3 Å². The lowest BCUT2D eigenvalue weighted by Crippen LogP contribution is -2.36. The molecule has 1 amide bonds. The van der Waals surface area contributed by atoms with Crippen molar-refractivity contribution in [1.29, 1.82) is 0 Å². The van der Waals surface area contributed by atoms with Crippen molar-refractivity contribution < 1.29 is 9.53 Å². The number of nitrogens with one attached hydrogen (secondary N) is 2. The summed E-state index contributed by atoms with van der Waals surface area (Å²) in [6, 6.07) is 18.0. The molecule has 0 spiro atoms. The standard InChI is InChI=1S/C26H33N5O2/c1-31(2)24-21-11-7-8-12-22(21)29-26(30-24)28-20-15-13-18(14-16-20)17-27-25(32)23(33-3)19-9-5-4-6-10-19/h4-12,18,20,23H,13-17H2,1-3H3,(H,27,32)(H,28,29,30)/t18-,20+,23?. The van der Waals surface area contributed by atoms with Crippen LogP contribution < -0.4 is 15.5 Å². The largest absolute Gasteiger partial charge is 0.367 e. The van der Waals surface area contributed by atoms with E-state index in [9.17, 15) is 4.79 Å². The van der Waals surface area contributed by atoms with Crippen LogP contribution in [0.3, 0.4) is 0 Å². The summed E-state index contributed by atoms with van der Waals surface area (Å²) in [7, 11) is 5.58. The molecule has 0 radical (unpaired) electrons. The Kier molecular flexibility index (Phi) is 7.40. The van der Waals surface area contributed by atoms with Gasteiger partial charge in [0.05, 0.1) is 5.52 Å². The number of anilines is 2. The lowest BCUT2D eigenvalue weighted by atomic mass is 9.86. The fourth-order valence-corrected chi connectivity index (χ4v) is 4.52. The Morgan fingerprint density at radius 2 is 1.73 bits per heavy atom. The summed E-state index contributed by atoms with van der Waals surface area (Å²) in [6.07, 6.45) is 3.59. The quantitative estimate of drug-likeness (QED) is 0.540. The minimum absolute atomic E-state index is 0.0790. The summed E-state index contributed by atoms with van der Waals surface area (Å²) in [5.74, 6) is 1.99. The van der Waals surface area contributed by atoms with Crippen LogP contribution in [0.4, 0.5) is 11.8 Å². The first kappa shape index (κ1) is 23.0. The van der Waals surface area contributed by atoms with Gasteiger partial charge in [-0.05, 0) is 49.3 Å². The summed E-state index contributed by atoms with van der Waals surface area (Å²) >= 11 is 0. The topological polar surface area (TPSA) is 79.4 Å². The molecule has 1 aromatic heterocycles. The van der Waals surface area contributed by atoms with Gasteiger partial charge in [-0.15, -0.1) is 0 Å². The fraction of sp³-hybridized carbons (Fsp3) is 0.423. The number of aromatic nitrogens is 2. The van der Waals surface area contributed by atoms with E-state index in [2.05, 4.69) is 16.7 Å². The molecule has 1 aliphatic carbocycles. The highest BCUT2D eigenvalue weighted by Crippen LogP contribution is 2.28. The molecule has 3 aromatic rings. The normalized spacial score (nSPS) is 19.1. The highest BCUT2D eigenvalue weighted by molar-refractivity contribution is 5.90. The summed E-state index contributed by atoms with van der Waals surface area (Å²) in [5.41, 5.74) is 1.82. The van der Waals surface area contributed by atoms with Crippen LogP contribution >= 0.6 is 0 Å². The van der Waals surface area contributed by atoms with Crippen molar-refractivity contribution in [2.24, 2.45) is 5.92 Å². The summed E-state index contributed by atoms with van der Waals surface area (Å²) in [6.45, 7) is 0.676. The van der Waals surface area contributed by atoms with Gasteiger partial charge >= 0.3 is 0 Å². The second-order valence-corrected chi connectivity index (χ2v) is 8.92. The minimum Gasteiger partial charge on any atom is -0.367 e. The molecule has 1 heterocycles. The number of hydrogen-bond acceptors (Lipinski definition) is 6. The molecule has 0 bridgehead atoms. The van der Waals surface area contributed by atoms with Crippen LogP contribution in [0.1, 0.15) is 37.4 Å². The number of hydrogen-bond donors (Lipinski definition) is 2. The molecule has 4 rings (SSSR count). The second kappa shape index (κ2) is 10.6. The SMILES string of the molecule is COC(C(=O)NC[C@H]1CC[C@@H](Nc2nc(N(C)C)c3ccccc3n2)CC1)c1ccccc1. The molecular weight excluding hydrogens is 414 g/mol. The van der Waals surface area contributed by atoms with Crippen LogP contribution in [-0.4, -0.2) is 49.7 Å². The van der Waals surface area contributed by atoms with Gasteiger partial charge in [0.25, 0.3) is 5.91 Å². The predicted molar refractivity (Wildman–Crippen MR) is 132 cm³/mol. The average Bonchev–Trinajstić information content (AvgIpc) is 2.84. The van der Waals surface area contributed by atoms with Gasteiger partial charge in [0.1, 0.15) is 5.82 Å². The number of amides is 1. The van der Waals surface area contributed by atoms with E-state index in [0.717, 1.165) is 48.0 Å². The smallest absolute Gasteiger partial charge is 0.253 e. The Morgan fingerprint density at radius 1 is 1.03 bits per heavy atom. The molecule has 1 fully saturated rings. The number of benzene rings is 2. The first-order valence-corrected chi connectivity index (χ1v) is 11.6. The molecule has 1 atom stereocenters. The average molecular weight is 448 g/mol. The van der Waals surface area contributed by atoms with Crippen LogP contribution in [-0.2, 0) is 9.53 Å². The zero-order chi connectivity index (χ0) is 23.2. The second-order valence-electron chi connectivity index (χ2n) is 8.92. The predicted octanol–water partition coefficient (Wildman–Crippen LogP) is 4.17. The summed E-state index contributed by atoms with van der Waals surface area (Å²) < 4.78 is 5.44. The van der Waals surface area contributed by atoms with Gasteiger partial charge in [0.15, 0.2) is 6.10 Å². The van der Waals surface area contributed by atoms with Crippen LogP contribution in [0.25, 0.3) is 10.9 Å². The number of para-hydroxylation sites is 1. The molecule has 174 valence electrons. The maximum Gasteiger partial charge on any atom is 0.253 e. The first-order valence-electron chi connectivity index (χ1n) is 11.6. The molecule has 1 unspecified atom stereocenters. The molecule has 33 heavy (non-hydrogen) atoms. The van der Waals surface area contributed by atoms with E-state index in [-0.39, 0.29) is 5.91 Å². The Hall–Kier alpha value is -3.19. The molecule has 1 aliphatic rings. The number of rotatable bonds is 8. The van der Waals surface area contributed by atoms with Gasteiger partial charge in [-0.3, -0.25) is 4.79 Å². The molecule has 0 saturated heterocycles. The maximum atomic E-state index is 12.6. The van der Waals surface area contributed by atoms with Crippen LogP contribution in [0, 0.1) is 5.92 Å². The fourth-order valence-electron chi connectivity index (χ4n) is 4.52. The highest BCUT2D eigenvalue weighted by Gasteiger charge is 2.25. The van der Waals surface area contributed by atoms with Crippen molar-refractivity contribution in [2.45, 2.75) is 37.8 Å². The molecule has 2 aromatic carbocycles. The van der Waals surface area contributed by atoms with E-state index in [1.165, 1.54) is 0 Å². The van der Waals surface area contributed by atoms with Gasteiger partial charge in [-0.1, -0.05) is 42.5 Å². The van der Waals surface area contributed by atoms with Gasteiger partial charge in [-0.25, -0.2) is 4.98 Å². The minimum atomic E-state index is -0.569. The Morgan fingerprint density at radius 3 is 2.42 bits per heavy atom. The summed E-state index contributed by atoms with van der Waals surface area (Å²) in [5, 5.41) is 7.69. The monoisotopic (exact) mass is 447 g/mol. The number of carbonyl (C=O) groups excluding carboxylic acids is 1. The zero-order valence-corrected chi connectivity index (χ0v) is 19.6. The lowest BCUT2D eigenvalue weighted by molar-refractivity contribution is -0.131. The molecular formula is C26H33N5O2. The third-order valence-corrected chi connectivity index (χ3v) is 6.33. The van der Waals surface area contributed by atoms with Crippen molar-refractivity contribution in [3.63, 3.8) is 0 Å². The molecule has 7 nitrogen and oxygen atoms in total. The van der Waals surface area contributed by atoms with Crippen LogP contribution in [0.5, 0.6) is 0 Å². The van der Waals surface area contributed by atoms with Gasteiger partial charge in [-0.2, -0.15) is 4.98 Å². The van der Waals surface area contributed by atoms with Crippen molar-refractivity contribution >= 4 is 28.6 Å². The maximum absolute atomic E-state index is 12.6. The van der Waals surface area contributed by atoms with E-state index >= 15 is 0 Å². The first-order chi connectivity index (χ1) is 16.0. The van der Waals surface area contributed by atoms with Gasteiger partial charge in [0, 0.05) is 39.2 Å². The van der Waals surface area contributed by atoms with Gasteiger partial charge in [0.2, 0.25) is 5.95 Å². The Balaban J connectivity index is 1.30. The number of nitrogens with zero attached hydrogens (tertiary/aromatic N) is 3. The Bertz CT molecular complexity index is 1060. The Labute approximate surface area is 195 Å². The lowest BCUT2D eigenvalue weighted by Gasteiger charge is -2.30. The van der Waals surface area contributed by atoms with Crippen LogP contribution in [0.2, 0.25) is 0 Å². The molecule has 2 N–H and O–H groups in total. The third-order valence-electron chi connectivity index (χ3n) is 6.33. The van der Waals surface area contributed by atoms with Crippen molar-refractivity contribution in [1.82, 2.24) is 15.3 Å². The summed E-state index contributed by atoms with van der Waals surface area (Å²) in [4.78, 5) is 24.2. The van der Waals surface area contributed by atoms with Crippen molar-refractivity contribution in [2.75, 3.05) is 38.0 Å². The molecule has 7 heteroatoms. The van der Waals surface area contributed by atoms with E-state index in [1.54, 1.807) is 7.11 Å². The number of ether oxygens (including phenoxy) is 1. The number of fused-ring (bicyclic) bond motifs is 1. The number of methoxy groups -OCH3 is 1. The van der Waals surface area contributed by atoms with E-state index < -0.39 is 6.10 Å². The van der Waals surface area contributed by atoms with Crippen molar-refractivity contribution in [3.8, 4) is 0 Å². The van der Waals surface area contributed by atoms with Crippen LogP contribution in [0.15, 0.2) is 54.6 Å². The van der Waals surface area contributed by atoms with E-state index in [4.69, 9.17) is 14.7 Å². The zero-order valence-electron chi connectivity index (χ0n) is 19.6. The third kappa shape index (κ3) is 5.60. The molecule has 1 saturated carbocycles. The highest BCUT2D eigenvalue weighted by atomic mass is 16.5. The number of carbonyl (C=O) groups is 1. The van der Waals surface area contributed by atoms with E-state index in [1.807, 2.05) is 67.5 Å². The molecule has 0 aliphatic heterocycles. The van der Waals surface area contributed by atoms with E-state index in [0.29, 0.717) is 24.5 Å². The van der Waals surface area contributed by atoms with Crippen molar-refractivity contribution in [3.05, 3.63) is 60.2 Å².